The molecular weight excluding hydrogens is 358 g/mol. The second kappa shape index (κ2) is 9.07. The van der Waals surface area contributed by atoms with Gasteiger partial charge in [-0.3, -0.25) is 4.79 Å². The molecule has 0 saturated carbocycles. The lowest BCUT2D eigenvalue weighted by molar-refractivity contribution is -0.117. The van der Waals surface area contributed by atoms with Crippen LogP contribution >= 0.6 is 11.6 Å². The predicted octanol–water partition coefficient (Wildman–Crippen LogP) is 3.81. The van der Waals surface area contributed by atoms with Crippen LogP contribution in [0.2, 0.25) is 5.02 Å². The Labute approximate surface area is 166 Å². The Morgan fingerprint density at radius 3 is 2.44 bits per heavy atom. The summed E-state index contributed by atoms with van der Waals surface area (Å²) >= 11 is 5.90. The van der Waals surface area contributed by atoms with Crippen LogP contribution in [0.1, 0.15) is 18.1 Å². The van der Waals surface area contributed by atoms with Crippen molar-refractivity contribution >= 4 is 29.3 Å². The average Bonchev–Trinajstić information content (AvgIpc) is 2.68. The molecule has 0 aliphatic carbocycles. The van der Waals surface area contributed by atoms with Crippen molar-refractivity contribution in [2.45, 2.75) is 13.5 Å². The van der Waals surface area contributed by atoms with E-state index in [1.165, 1.54) is 5.69 Å². The van der Waals surface area contributed by atoms with Crippen molar-refractivity contribution in [3.05, 3.63) is 70.3 Å². The van der Waals surface area contributed by atoms with E-state index in [2.05, 4.69) is 40.4 Å². The summed E-state index contributed by atoms with van der Waals surface area (Å²) in [5.74, 6) is -0.0573. The van der Waals surface area contributed by atoms with Gasteiger partial charge < -0.3 is 15.1 Å². The molecule has 0 radical (unpaired) electrons. The van der Waals surface area contributed by atoms with Gasteiger partial charge in [-0.05, 0) is 49.4 Å². The quantitative estimate of drug-likeness (QED) is 0.797. The van der Waals surface area contributed by atoms with E-state index < -0.39 is 0 Å². The number of piperazine rings is 1. The zero-order chi connectivity index (χ0) is 19.2. The van der Waals surface area contributed by atoms with E-state index >= 15 is 0 Å². The number of nitrogens with zero attached hydrogens (tertiary/aromatic N) is 2. The third-order valence-electron chi connectivity index (χ3n) is 4.88. The summed E-state index contributed by atoms with van der Waals surface area (Å²) in [5, 5.41) is 3.67. The Morgan fingerprint density at radius 1 is 1.07 bits per heavy atom. The molecule has 4 nitrogen and oxygen atoms in total. The molecule has 2 aromatic carbocycles. The summed E-state index contributed by atoms with van der Waals surface area (Å²) in [4.78, 5) is 17.2. The number of amides is 1. The SMILES string of the molecule is CC(=Cc1ccccc1N1CCN(C)CC1)C(=O)NCc1ccc(Cl)cc1. The molecule has 1 aliphatic rings. The minimum atomic E-state index is -0.0573. The van der Waals surface area contributed by atoms with Crippen LogP contribution in [0.25, 0.3) is 6.08 Å². The summed E-state index contributed by atoms with van der Waals surface area (Å²) in [6, 6.07) is 15.8. The fraction of sp³-hybridized carbons (Fsp3) is 0.318. The molecule has 1 heterocycles. The van der Waals surface area contributed by atoms with E-state index in [4.69, 9.17) is 11.6 Å². The van der Waals surface area contributed by atoms with Crippen molar-refractivity contribution in [3.8, 4) is 0 Å². The molecule has 1 N–H and O–H groups in total. The molecule has 142 valence electrons. The highest BCUT2D eigenvalue weighted by molar-refractivity contribution is 6.30. The molecule has 0 aromatic heterocycles. The normalized spacial score (nSPS) is 15.7. The first-order valence-corrected chi connectivity index (χ1v) is 9.64. The van der Waals surface area contributed by atoms with Gasteiger partial charge in [0.05, 0.1) is 0 Å². The number of carbonyl (C=O) groups excluding carboxylic acids is 1. The summed E-state index contributed by atoms with van der Waals surface area (Å²) in [6.45, 7) is 6.46. The van der Waals surface area contributed by atoms with Crippen molar-refractivity contribution < 1.29 is 4.79 Å². The van der Waals surface area contributed by atoms with Gasteiger partial charge in [-0.25, -0.2) is 0 Å². The maximum absolute atomic E-state index is 12.5. The molecule has 1 amide bonds. The molecule has 27 heavy (non-hydrogen) atoms. The van der Waals surface area contributed by atoms with E-state index in [0.717, 1.165) is 37.3 Å². The minimum absolute atomic E-state index is 0.0573. The van der Waals surface area contributed by atoms with Crippen molar-refractivity contribution in [2.75, 3.05) is 38.1 Å². The maximum Gasteiger partial charge on any atom is 0.247 e. The van der Waals surface area contributed by atoms with Crippen molar-refractivity contribution in [1.82, 2.24) is 10.2 Å². The predicted molar refractivity (Wildman–Crippen MR) is 113 cm³/mol. The number of likely N-dealkylation sites (N-methyl/N-ethyl adjacent to an activating group) is 1. The van der Waals surface area contributed by atoms with Crippen molar-refractivity contribution in [3.63, 3.8) is 0 Å². The van der Waals surface area contributed by atoms with E-state index in [-0.39, 0.29) is 5.91 Å². The van der Waals surface area contributed by atoms with Crippen LogP contribution in [0, 0.1) is 0 Å². The van der Waals surface area contributed by atoms with Gasteiger partial charge >= 0.3 is 0 Å². The molecule has 1 fully saturated rings. The Kier molecular flexibility index (Phi) is 6.54. The Balaban J connectivity index is 1.68. The fourth-order valence-electron chi connectivity index (χ4n) is 3.17. The lowest BCUT2D eigenvalue weighted by atomic mass is 10.1. The third kappa shape index (κ3) is 5.34. The lowest BCUT2D eigenvalue weighted by Crippen LogP contribution is -2.44. The van der Waals surface area contributed by atoms with Gasteiger partial charge in [-0.15, -0.1) is 0 Å². The summed E-state index contributed by atoms with van der Waals surface area (Å²) in [6.07, 6.45) is 1.98. The van der Waals surface area contributed by atoms with E-state index in [0.29, 0.717) is 17.1 Å². The van der Waals surface area contributed by atoms with Crippen LogP contribution < -0.4 is 10.2 Å². The highest BCUT2D eigenvalue weighted by Gasteiger charge is 2.16. The molecule has 0 atom stereocenters. The van der Waals surface area contributed by atoms with Crippen LogP contribution in [0.4, 0.5) is 5.69 Å². The van der Waals surface area contributed by atoms with Gasteiger partial charge in [-0.2, -0.15) is 0 Å². The van der Waals surface area contributed by atoms with Crippen molar-refractivity contribution in [1.29, 1.82) is 0 Å². The standard InChI is InChI=1S/C22H26ClN3O/c1-17(22(27)24-16-18-7-9-20(23)10-8-18)15-19-5-3-4-6-21(19)26-13-11-25(2)12-14-26/h3-10,15H,11-14,16H2,1-2H3,(H,24,27). The van der Waals surface area contributed by atoms with Gasteiger partial charge in [0.25, 0.3) is 0 Å². The van der Waals surface area contributed by atoms with Crippen LogP contribution in [-0.2, 0) is 11.3 Å². The molecule has 5 heteroatoms. The zero-order valence-electron chi connectivity index (χ0n) is 15.9. The van der Waals surface area contributed by atoms with Crippen molar-refractivity contribution in [2.24, 2.45) is 0 Å². The number of rotatable bonds is 5. The maximum atomic E-state index is 12.5. The number of hydrogen-bond acceptors (Lipinski definition) is 3. The first kappa shape index (κ1) is 19.5. The number of nitrogens with one attached hydrogen (secondary N) is 1. The molecule has 3 rings (SSSR count). The molecule has 2 aromatic rings. The number of halogens is 1. The third-order valence-corrected chi connectivity index (χ3v) is 5.13. The van der Waals surface area contributed by atoms with Gasteiger partial charge in [0, 0.05) is 49.0 Å². The smallest absolute Gasteiger partial charge is 0.247 e. The summed E-state index contributed by atoms with van der Waals surface area (Å²) in [7, 11) is 2.15. The van der Waals surface area contributed by atoms with E-state index in [1.54, 1.807) is 0 Å². The van der Waals surface area contributed by atoms with E-state index in [9.17, 15) is 4.79 Å². The molecular formula is C22H26ClN3O. The van der Waals surface area contributed by atoms with Crippen LogP contribution in [0.3, 0.4) is 0 Å². The molecule has 0 unspecified atom stereocenters. The minimum Gasteiger partial charge on any atom is -0.368 e. The number of benzene rings is 2. The lowest BCUT2D eigenvalue weighted by Gasteiger charge is -2.35. The van der Waals surface area contributed by atoms with Gasteiger partial charge in [0.2, 0.25) is 5.91 Å². The second-order valence-electron chi connectivity index (χ2n) is 6.99. The molecule has 1 saturated heterocycles. The summed E-state index contributed by atoms with van der Waals surface area (Å²) < 4.78 is 0. The zero-order valence-corrected chi connectivity index (χ0v) is 16.7. The van der Waals surface area contributed by atoms with Crippen LogP contribution in [0.5, 0.6) is 0 Å². The number of hydrogen-bond donors (Lipinski definition) is 1. The monoisotopic (exact) mass is 383 g/mol. The Morgan fingerprint density at radius 2 is 1.74 bits per heavy atom. The topological polar surface area (TPSA) is 35.6 Å². The van der Waals surface area contributed by atoms with Crippen LogP contribution in [0.15, 0.2) is 54.1 Å². The van der Waals surface area contributed by atoms with E-state index in [1.807, 2.05) is 43.3 Å². The number of para-hydroxylation sites is 1. The van der Waals surface area contributed by atoms with Gasteiger partial charge in [-0.1, -0.05) is 41.9 Å². The first-order valence-electron chi connectivity index (χ1n) is 9.26. The van der Waals surface area contributed by atoms with Gasteiger partial charge in [0.1, 0.15) is 0 Å². The van der Waals surface area contributed by atoms with Gasteiger partial charge in [0.15, 0.2) is 0 Å². The average molecular weight is 384 g/mol. The number of carbonyl (C=O) groups is 1. The molecule has 0 bridgehead atoms. The summed E-state index contributed by atoms with van der Waals surface area (Å²) in [5.41, 5.74) is 4.00. The largest absolute Gasteiger partial charge is 0.368 e. The Hall–Kier alpha value is -2.30. The highest BCUT2D eigenvalue weighted by atomic mass is 35.5. The Bertz CT molecular complexity index is 809. The number of anilines is 1. The second-order valence-corrected chi connectivity index (χ2v) is 7.42. The fourth-order valence-corrected chi connectivity index (χ4v) is 3.29. The molecule has 1 aliphatic heterocycles. The highest BCUT2D eigenvalue weighted by Crippen LogP contribution is 2.24. The van der Waals surface area contributed by atoms with Crippen LogP contribution in [-0.4, -0.2) is 44.0 Å². The first-order chi connectivity index (χ1) is 13.0. The molecule has 0 spiro atoms.